The average molecular weight is 305 g/mol. The second-order valence-electron chi connectivity index (χ2n) is 4.23. The van der Waals surface area contributed by atoms with Gasteiger partial charge in [-0.05, 0) is 31.0 Å². The first-order valence-electron chi connectivity index (χ1n) is 5.56. The molecule has 0 saturated heterocycles. The molecule has 1 saturated carbocycles. The van der Waals surface area contributed by atoms with Gasteiger partial charge in [0, 0.05) is 4.47 Å². The highest BCUT2D eigenvalue weighted by molar-refractivity contribution is 9.10. The van der Waals surface area contributed by atoms with Crippen molar-refractivity contribution < 1.29 is 5.11 Å². The third-order valence-electron chi connectivity index (χ3n) is 3.00. The lowest BCUT2D eigenvalue weighted by atomic mass is 9.92. The van der Waals surface area contributed by atoms with Crippen molar-refractivity contribution in [3.05, 3.63) is 27.7 Å². The summed E-state index contributed by atoms with van der Waals surface area (Å²) in [4.78, 5) is 0. The van der Waals surface area contributed by atoms with E-state index in [1.54, 1.807) is 0 Å². The van der Waals surface area contributed by atoms with Crippen LogP contribution in [0.2, 0.25) is 5.02 Å². The molecule has 1 aromatic carbocycles. The molecule has 1 aliphatic rings. The summed E-state index contributed by atoms with van der Waals surface area (Å²) < 4.78 is 0.965. The quantitative estimate of drug-likeness (QED) is 0.870. The minimum atomic E-state index is -0.256. The highest BCUT2D eigenvalue weighted by Crippen LogP contribution is 2.29. The molecule has 0 aromatic heterocycles. The lowest BCUT2D eigenvalue weighted by Gasteiger charge is -2.29. The molecule has 0 aliphatic heterocycles. The Morgan fingerprint density at radius 3 is 2.75 bits per heavy atom. The topological polar surface area (TPSA) is 32.3 Å². The van der Waals surface area contributed by atoms with Gasteiger partial charge in [-0.3, -0.25) is 0 Å². The molecule has 0 unspecified atom stereocenters. The van der Waals surface area contributed by atoms with Crippen LogP contribution in [0, 0.1) is 0 Å². The highest BCUT2D eigenvalue weighted by Gasteiger charge is 2.23. The van der Waals surface area contributed by atoms with Crippen molar-refractivity contribution in [2.75, 3.05) is 5.32 Å². The van der Waals surface area contributed by atoms with Gasteiger partial charge in [0.1, 0.15) is 0 Å². The van der Waals surface area contributed by atoms with Crippen molar-refractivity contribution in [3.63, 3.8) is 0 Å². The first kappa shape index (κ1) is 12.2. The third kappa shape index (κ3) is 2.90. The average Bonchev–Trinajstić information content (AvgIpc) is 2.25. The van der Waals surface area contributed by atoms with E-state index in [1.165, 1.54) is 6.42 Å². The first-order valence-corrected chi connectivity index (χ1v) is 6.73. The second-order valence-corrected chi connectivity index (χ2v) is 5.55. The maximum atomic E-state index is 9.86. The van der Waals surface area contributed by atoms with Gasteiger partial charge in [-0.2, -0.15) is 0 Å². The summed E-state index contributed by atoms with van der Waals surface area (Å²) in [6.07, 6.45) is 3.92. The van der Waals surface area contributed by atoms with Gasteiger partial charge in [-0.1, -0.05) is 40.4 Å². The number of benzene rings is 1. The molecule has 1 fully saturated rings. The minimum absolute atomic E-state index is 0.132. The van der Waals surface area contributed by atoms with Crippen LogP contribution in [0.4, 0.5) is 5.69 Å². The molecule has 0 bridgehead atoms. The molecule has 0 spiro atoms. The number of hydrogen-bond donors (Lipinski definition) is 2. The summed E-state index contributed by atoms with van der Waals surface area (Å²) >= 11 is 9.49. The van der Waals surface area contributed by atoms with Crippen LogP contribution in [-0.4, -0.2) is 17.3 Å². The molecule has 1 aliphatic carbocycles. The first-order chi connectivity index (χ1) is 7.66. The fraction of sp³-hybridized carbons (Fsp3) is 0.500. The van der Waals surface area contributed by atoms with Crippen LogP contribution in [0.5, 0.6) is 0 Å². The van der Waals surface area contributed by atoms with Gasteiger partial charge in [0.25, 0.3) is 0 Å². The summed E-state index contributed by atoms with van der Waals surface area (Å²) in [7, 11) is 0. The van der Waals surface area contributed by atoms with Crippen molar-refractivity contribution >= 4 is 33.2 Å². The molecule has 0 radical (unpaired) electrons. The lowest BCUT2D eigenvalue weighted by molar-refractivity contribution is 0.116. The number of rotatable bonds is 2. The number of nitrogens with one attached hydrogen (secondary N) is 1. The Balaban J connectivity index is 2.07. The summed E-state index contributed by atoms with van der Waals surface area (Å²) in [5, 5.41) is 13.9. The molecule has 0 heterocycles. The summed E-state index contributed by atoms with van der Waals surface area (Å²) in [5.74, 6) is 0. The van der Waals surface area contributed by atoms with Gasteiger partial charge < -0.3 is 10.4 Å². The van der Waals surface area contributed by atoms with E-state index in [-0.39, 0.29) is 12.1 Å². The summed E-state index contributed by atoms with van der Waals surface area (Å²) in [5.41, 5.74) is 0.899. The Kier molecular flexibility index (Phi) is 4.11. The minimum Gasteiger partial charge on any atom is -0.391 e. The van der Waals surface area contributed by atoms with E-state index >= 15 is 0 Å². The van der Waals surface area contributed by atoms with E-state index < -0.39 is 0 Å². The number of halogens is 2. The van der Waals surface area contributed by atoms with Gasteiger partial charge >= 0.3 is 0 Å². The Bertz CT molecular complexity index is 372. The zero-order chi connectivity index (χ0) is 11.5. The SMILES string of the molecule is O[C@H]1CCCC[C@@H]1Nc1ccc(Br)cc1Cl. The van der Waals surface area contributed by atoms with Crippen LogP contribution in [0.15, 0.2) is 22.7 Å². The smallest absolute Gasteiger partial charge is 0.0741 e. The molecule has 2 atom stereocenters. The predicted octanol–water partition coefficient (Wildman–Crippen LogP) is 3.82. The molecule has 2 rings (SSSR count). The second kappa shape index (κ2) is 5.39. The summed E-state index contributed by atoms with van der Waals surface area (Å²) in [6, 6.07) is 5.88. The Hall–Kier alpha value is -0.250. The fourth-order valence-electron chi connectivity index (χ4n) is 2.09. The van der Waals surface area contributed by atoms with E-state index in [2.05, 4.69) is 21.2 Å². The van der Waals surface area contributed by atoms with Crippen molar-refractivity contribution in [3.8, 4) is 0 Å². The normalized spacial score (nSPS) is 25.4. The van der Waals surface area contributed by atoms with E-state index in [9.17, 15) is 5.11 Å². The third-order valence-corrected chi connectivity index (χ3v) is 3.81. The van der Waals surface area contributed by atoms with Crippen LogP contribution >= 0.6 is 27.5 Å². The van der Waals surface area contributed by atoms with Gasteiger partial charge in [0.15, 0.2) is 0 Å². The molecule has 1 aromatic rings. The Labute approximate surface area is 109 Å². The number of hydrogen-bond acceptors (Lipinski definition) is 2. The molecule has 4 heteroatoms. The molecule has 0 amide bonds. The Morgan fingerprint density at radius 1 is 1.31 bits per heavy atom. The van der Waals surface area contributed by atoms with Gasteiger partial charge in [-0.15, -0.1) is 0 Å². The van der Waals surface area contributed by atoms with Crippen LogP contribution in [0.25, 0.3) is 0 Å². The fourth-order valence-corrected chi connectivity index (χ4v) is 2.81. The monoisotopic (exact) mass is 303 g/mol. The van der Waals surface area contributed by atoms with Crippen LogP contribution in [0.3, 0.4) is 0 Å². The van der Waals surface area contributed by atoms with Crippen molar-refractivity contribution in [2.45, 2.75) is 37.8 Å². The molecular formula is C12H15BrClNO. The van der Waals surface area contributed by atoms with Crippen molar-refractivity contribution in [1.29, 1.82) is 0 Å². The van der Waals surface area contributed by atoms with Gasteiger partial charge in [0.05, 0.1) is 22.9 Å². The summed E-state index contributed by atoms with van der Waals surface area (Å²) in [6.45, 7) is 0. The molecule has 2 nitrogen and oxygen atoms in total. The van der Waals surface area contributed by atoms with Gasteiger partial charge in [0.2, 0.25) is 0 Å². The standard InChI is InChI=1S/C12H15BrClNO/c13-8-5-6-10(9(14)7-8)15-11-3-1-2-4-12(11)16/h5-7,11-12,15-16H,1-4H2/t11-,12-/m0/s1. The largest absolute Gasteiger partial charge is 0.391 e. The van der Waals surface area contributed by atoms with Crippen LogP contribution in [-0.2, 0) is 0 Å². The molecule has 16 heavy (non-hydrogen) atoms. The molecule has 2 N–H and O–H groups in total. The van der Waals surface area contributed by atoms with Gasteiger partial charge in [-0.25, -0.2) is 0 Å². The zero-order valence-electron chi connectivity index (χ0n) is 8.92. The van der Waals surface area contributed by atoms with E-state index in [4.69, 9.17) is 11.6 Å². The highest BCUT2D eigenvalue weighted by atomic mass is 79.9. The zero-order valence-corrected chi connectivity index (χ0v) is 11.3. The van der Waals surface area contributed by atoms with Crippen molar-refractivity contribution in [2.24, 2.45) is 0 Å². The Morgan fingerprint density at radius 2 is 2.06 bits per heavy atom. The van der Waals surface area contributed by atoms with E-state index in [0.717, 1.165) is 29.4 Å². The van der Waals surface area contributed by atoms with E-state index in [0.29, 0.717) is 5.02 Å². The van der Waals surface area contributed by atoms with Crippen LogP contribution < -0.4 is 5.32 Å². The lowest BCUT2D eigenvalue weighted by Crippen LogP contribution is -2.36. The number of aliphatic hydroxyl groups excluding tert-OH is 1. The van der Waals surface area contributed by atoms with Crippen LogP contribution in [0.1, 0.15) is 25.7 Å². The van der Waals surface area contributed by atoms with E-state index in [1.807, 2.05) is 18.2 Å². The molecular weight excluding hydrogens is 289 g/mol. The number of anilines is 1. The maximum Gasteiger partial charge on any atom is 0.0741 e. The predicted molar refractivity (Wildman–Crippen MR) is 71.0 cm³/mol. The molecule has 88 valence electrons. The maximum absolute atomic E-state index is 9.86. The number of aliphatic hydroxyl groups is 1. The van der Waals surface area contributed by atoms with Crippen molar-refractivity contribution in [1.82, 2.24) is 0 Å².